The first-order valence-corrected chi connectivity index (χ1v) is 11.9. The van der Waals surface area contributed by atoms with E-state index >= 15 is 0 Å². The molecule has 0 spiro atoms. The highest BCUT2D eigenvalue weighted by atomic mass is 16.5. The fourth-order valence-corrected chi connectivity index (χ4v) is 4.33. The number of ether oxygens (including phenoxy) is 1. The van der Waals surface area contributed by atoms with Crippen molar-refractivity contribution < 1.29 is 9.53 Å². The van der Waals surface area contributed by atoms with Crippen LogP contribution in [0.5, 0.6) is 5.75 Å². The van der Waals surface area contributed by atoms with Crippen molar-refractivity contribution in [3.8, 4) is 5.75 Å². The highest BCUT2D eigenvalue weighted by Gasteiger charge is 2.12. The predicted molar refractivity (Wildman–Crippen MR) is 133 cm³/mol. The molecule has 0 aliphatic carbocycles. The van der Waals surface area contributed by atoms with Gasteiger partial charge in [-0.2, -0.15) is 0 Å². The molecule has 1 fully saturated rings. The van der Waals surface area contributed by atoms with Gasteiger partial charge in [0.1, 0.15) is 18.0 Å². The summed E-state index contributed by atoms with van der Waals surface area (Å²) in [6.45, 7) is 6.34. The zero-order valence-corrected chi connectivity index (χ0v) is 19.5. The van der Waals surface area contributed by atoms with Crippen molar-refractivity contribution in [1.29, 1.82) is 0 Å². The molecule has 0 radical (unpaired) electrons. The van der Waals surface area contributed by atoms with Gasteiger partial charge in [0, 0.05) is 31.0 Å². The average molecular weight is 455 g/mol. The maximum Gasteiger partial charge on any atom is 0.251 e. The molecule has 2 aromatic heterocycles. The molecule has 5 rings (SSSR count). The predicted octanol–water partition coefficient (Wildman–Crippen LogP) is 4.75. The molecule has 174 valence electrons. The van der Waals surface area contributed by atoms with E-state index in [-0.39, 0.29) is 5.91 Å². The Morgan fingerprint density at radius 2 is 1.68 bits per heavy atom. The van der Waals surface area contributed by atoms with E-state index in [0.717, 1.165) is 23.4 Å². The largest absolute Gasteiger partial charge is 0.487 e. The Hall–Kier alpha value is -3.64. The third-order valence-electron chi connectivity index (χ3n) is 6.23. The van der Waals surface area contributed by atoms with Crippen LogP contribution in [0.2, 0.25) is 0 Å². The standard InChI is InChI=1S/C28H30N4O2/c1-21-4-13-27-30-25(19-32(27)17-21)20-34-26-11-9-24(10-12-26)28(33)29-16-22-5-7-23(8-6-22)18-31-14-2-3-15-31/h4-13,17,19H,2-3,14-16,18,20H2,1H3,(H,29,33). The minimum absolute atomic E-state index is 0.0941. The van der Waals surface area contributed by atoms with Crippen LogP contribution in [0.3, 0.4) is 0 Å². The van der Waals surface area contributed by atoms with Crippen LogP contribution >= 0.6 is 0 Å². The summed E-state index contributed by atoms with van der Waals surface area (Å²) in [5.41, 5.74) is 5.98. The Morgan fingerprint density at radius 3 is 2.44 bits per heavy atom. The van der Waals surface area contributed by atoms with Crippen molar-refractivity contribution in [2.45, 2.75) is 39.5 Å². The second-order valence-electron chi connectivity index (χ2n) is 9.00. The van der Waals surface area contributed by atoms with Crippen molar-refractivity contribution in [2.75, 3.05) is 13.1 Å². The van der Waals surface area contributed by atoms with E-state index in [2.05, 4.69) is 46.4 Å². The van der Waals surface area contributed by atoms with E-state index < -0.39 is 0 Å². The summed E-state index contributed by atoms with van der Waals surface area (Å²) in [5, 5.41) is 3.00. The molecule has 3 heterocycles. The molecule has 1 N–H and O–H groups in total. The van der Waals surface area contributed by atoms with Gasteiger partial charge in [0.15, 0.2) is 0 Å². The van der Waals surface area contributed by atoms with E-state index in [0.29, 0.717) is 24.5 Å². The van der Waals surface area contributed by atoms with Crippen LogP contribution in [0, 0.1) is 6.92 Å². The summed E-state index contributed by atoms with van der Waals surface area (Å²) in [6, 6.07) is 19.8. The van der Waals surface area contributed by atoms with Gasteiger partial charge in [-0.05, 0) is 79.9 Å². The number of aryl methyl sites for hydroxylation is 1. The number of aromatic nitrogens is 2. The van der Waals surface area contributed by atoms with Crippen molar-refractivity contribution in [3.05, 3.63) is 101 Å². The molecule has 0 unspecified atom stereocenters. The topological polar surface area (TPSA) is 58.9 Å². The van der Waals surface area contributed by atoms with Gasteiger partial charge in [-0.25, -0.2) is 4.98 Å². The number of nitrogens with zero attached hydrogens (tertiary/aromatic N) is 3. The van der Waals surface area contributed by atoms with Gasteiger partial charge < -0.3 is 14.5 Å². The van der Waals surface area contributed by atoms with E-state index in [9.17, 15) is 4.79 Å². The Bertz CT molecular complexity index is 1260. The number of carbonyl (C=O) groups is 1. The molecule has 6 nitrogen and oxygen atoms in total. The summed E-state index contributed by atoms with van der Waals surface area (Å²) < 4.78 is 7.87. The molecule has 6 heteroatoms. The lowest BCUT2D eigenvalue weighted by Gasteiger charge is -2.14. The summed E-state index contributed by atoms with van der Waals surface area (Å²) in [6.07, 6.45) is 6.63. The second kappa shape index (κ2) is 10.1. The lowest BCUT2D eigenvalue weighted by molar-refractivity contribution is 0.0951. The van der Waals surface area contributed by atoms with Gasteiger partial charge >= 0.3 is 0 Å². The van der Waals surface area contributed by atoms with Crippen molar-refractivity contribution in [2.24, 2.45) is 0 Å². The lowest BCUT2D eigenvalue weighted by Crippen LogP contribution is -2.22. The molecule has 1 amide bonds. The highest BCUT2D eigenvalue weighted by Crippen LogP contribution is 2.16. The molecule has 4 aromatic rings. The van der Waals surface area contributed by atoms with Crippen LogP contribution < -0.4 is 10.1 Å². The zero-order valence-electron chi connectivity index (χ0n) is 19.5. The quantitative estimate of drug-likeness (QED) is 0.418. The van der Waals surface area contributed by atoms with Crippen LogP contribution in [-0.4, -0.2) is 33.3 Å². The molecule has 2 aromatic carbocycles. The maximum absolute atomic E-state index is 12.6. The minimum Gasteiger partial charge on any atom is -0.487 e. The van der Waals surface area contributed by atoms with Crippen LogP contribution in [0.15, 0.2) is 73.1 Å². The highest BCUT2D eigenvalue weighted by molar-refractivity contribution is 5.94. The van der Waals surface area contributed by atoms with Gasteiger partial charge in [0.2, 0.25) is 0 Å². The number of amides is 1. The number of benzene rings is 2. The van der Waals surface area contributed by atoms with Crippen LogP contribution in [0.25, 0.3) is 5.65 Å². The molecular formula is C28H30N4O2. The monoisotopic (exact) mass is 454 g/mol. The number of likely N-dealkylation sites (tertiary alicyclic amines) is 1. The number of rotatable bonds is 8. The first-order valence-electron chi connectivity index (χ1n) is 11.9. The molecule has 0 bridgehead atoms. The lowest BCUT2D eigenvalue weighted by atomic mass is 10.1. The average Bonchev–Trinajstić information content (AvgIpc) is 3.51. The minimum atomic E-state index is -0.0941. The summed E-state index contributed by atoms with van der Waals surface area (Å²) >= 11 is 0. The molecule has 1 aliphatic rings. The first-order chi connectivity index (χ1) is 16.6. The van der Waals surface area contributed by atoms with Gasteiger partial charge in [-0.3, -0.25) is 9.69 Å². The number of hydrogen-bond acceptors (Lipinski definition) is 4. The van der Waals surface area contributed by atoms with Gasteiger partial charge in [-0.1, -0.05) is 30.3 Å². The van der Waals surface area contributed by atoms with E-state index in [1.165, 1.54) is 37.1 Å². The first kappa shape index (κ1) is 22.2. The van der Waals surface area contributed by atoms with E-state index in [1.54, 1.807) is 12.1 Å². The van der Waals surface area contributed by atoms with Crippen molar-refractivity contribution in [3.63, 3.8) is 0 Å². The Kier molecular flexibility index (Phi) is 6.58. The van der Waals surface area contributed by atoms with Crippen LogP contribution in [0.1, 0.15) is 45.6 Å². The molecule has 1 aliphatic heterocycles. The van der Waals surface area contributed by atoms with Crippen molar-refractivity contribution >= 4 is 11.6 Å². The number of imidazole rings is 1. The summed E-state index contributed by atoms with van der Waals surface area (Å²) in [7, 11) is 0. The molecule has 1 saturated heterocycles. The maximum atomic E-state index is 12.6. The number of carbonyl (C=O) groups excluding carboxylic acids is 1. The second-order valence-corrected chi connectivity index (χ2v) is 9.00. The smallest absolute Gasteiger partial charge is 0.251 e. The van der Waals surface area contributed by atoms with Crippen LogP contribution in [0.4, 0.5) is 0 Å². The molecule has 0 saturated carbocycles. The SMILES string of the molecule is Cc1ccc2nc(COc3ccc(C(=O)NCc4ccc(CN5CCCC5)cc4)cc3)cn2c1. The fourth-order valence-electron chi connectivity index (χ4n) is 4.33. The third kappa shape index (κ3) is 5.46. The van der Waals surface area contributed by atoms with E-state index in [1.807, 2.05) is 41.1 Å². The number of fused-ring (bicyclic) bond motifs is 1. The zero-order chi connectivity index (χ0) is 23.3. The molecule has 34 heavy (non-hydrogen) atoms. The Balaban J connectivity index is 1.10. The number of nitrogens with one attached hydrogen (secondary N) is 1. The van der Waals surface area contributed by atoms with E-state index in [4.69, 9.17) is 4.74 Å². The number of hydrogen-bond donors (Lipinski definition) is 1. The fraction of sp³-hybridized carbons (Fsp3) is 0.286. The molecule has 0 atom stereocenters. The summed E-state index contributed by atoms with van der Waals surface area (Å²) in [5.74, 6) is 0.613. The van der Waals surface area contributed by atoms with Gasteiger partial charge in [0.25, 0.3) is 5.91 Å². The Morgan fingerprint density at radius 1 is 0.941 bits per heavy atom. The Labute approximate surface area is 200 Å². The van der Waals surface area contributed by atoms with Crippen molar-refractivity contribution in [1.82, 2.24) is 19.6 Å². The summed E-state index contributed by atoms with van der Waals surface area (Å²) in [4.78, 5) is 19.6. The van der Waals surface area contributed by atoms with Gasteiger partial charge in [-0.15, -0.1) is 0 Å². The number of pyridine rings is 1. The normalized spacial score (nSPS) is 13.9. The molecular weight excluding hydrogens is 424 g/mol. The van der Waals surface area contributed by atoms with Gasteiger partial charge in [0.05, 0.1) is 5.69 Å². The van der Waals surface area contributed by atoms with Crippen LogP contribution in [-0.2, 0) is 19.7 Å². The third-order valence-corrected chi connectivity index (χ3v) is 6.23.